The van der Waals surface area contributed by atoms with Gasteiger partial charge in [-0.3, -0.25) is 0 Å². The predicted octanol–water partition coefficient (Wildman–Crippen LogP) is 3.08. The van der Waals surface area contributed by atoms with Crippen LogP contribution in [0.3, 0.4) is 0 Å². The molecule has 1 atom stereocenters. The van der Waals surface area contributed by atoms with E-state index in [0.29, 0.717) is 23.9 Å². The van der Waals surface area contributed by atoms with E-state index in [9.17, 15) is 4.79 Å². The Morgan fingerprint density at radius 3 is 2.50 bits per heavy atom. The number of oxazole rings is 1. The second kappa shape index (κ2) is 5.14. The fraction of sp³-hybridized carbons (Fsp3) is 0.667. The van der Waals surface area contributed by atoms with E-state index >= 15 is 0 Å². The molecule has 90 valence electrons. The van der Waals surface area contributed by atoms with Crippen LogP contribution in [0, 0.1) is 5.92 Å². The standard InChI is InChI=1S/C12H19NO3/c1-5-6-9-10(12(14)15)16-11(13-9)8(4)7(2)3/h7-8H,5-6H2,1-4H3,(H,14,15). The van der Waals surface area contributed by atoms with Crippen LogP contribution in [0.1, 0.15) is 62.2 Å². The van der Waals surface area contributed by atoms with Gasteiger partial charge in [-0.15, -0.1) is 0 Å². The minimum absolute atomic E-state index is 0.00403. The molecule has 4 heteroatoms. The molecule has 1 rings (SSSR count). The SMILES string of the molecule is CCCc1nc(C(C)C(C)C)oc1C(=O)O. The van der Waals surface area contributed by atoms with E-state index in [1.165, 1.54) is 0 Å². The summed E-state index contributed by atoms with van der Waals surface area (Å²) in [6.45, 7) is 8.12. The number of rotatable bonds is 5. The van der Waals surface area contributed by atoms with Gasteiger partial charge in [0, 0.05) is 5.92 Å². The van der Waals surface area contributed by atoms with Crippen LogP contribution < -0.4 is 0 Å². The van der Waals surface area contributed by atoms with Crippen molar-refractivity contribution >= 4 is 5.97 Å². The van der Waals surface area contributed by atoms with Gasteiger partial charge in [0.1, 0.15) is 0 Å². The summed E-state index contributed by atoms with van der Waals surface area (Å²) in [7, 11) is 0. The molecular formula is C12H19NO3. The highest BCUT2D eigenvalue weighted by molar-refractivity contribution is 5.85. The topological polar surface area (TPSA) is 63.3 Å². The highest BCUT2D eigenvalue weighted by Crippen LogP contribution is 2.25. The van der Waals surface area contributed by atoms with Crippen molar-refractivity contribution < 1.29 is 14.3 Å². The van der Waals surface area contributed by atoms with Gasteiger partial charge in [-0.2, -0.15) is 0 Å². The fourth-order valence-electron chi connectivity index (χ4n) is 1.42. The third kappa shape index (κ3) is 2.62. The van der Waals surface area contributed by atoms with Crippen molar-refractivity contribution in [2.45, 2.75) is 46.5 Å². The quantitative estimate of drug-likeness (QED) is 0.836. The van der Waals surface area contributed by atoms with Gasteiger partial charge in [0.2, 0.25) is 5.76 Å². The van der Waals surface area contributed by atoms with Crippen LogP contribution in [0.25, 0.3) is 0 Å². The summed E-state index contributed by atoms with van der Waals surface area (Å²) in [5.41, 5.74) is 0.567. The first kappa shape index (κ1) is 12.7. The van der Waals surface area contributed by atoms with E-state index in [0.717, 1.165) is 6.42 Å². The van der Waals surface area contributed by atoms with Gasteiger partial charge >= 0.3 is 5.97 Å². The van der Waals surface area contributed by atoms with Gasteiger partial charge in [-0.05, 0) is 12.3 Å². The molecule has 0 fully saturated rings. The predicted molar refractivity (Wildman–Crippen MR) is 60.7 cm³/mol. The van der Waals surface area contributed by atoms with Gasteiger partial charge < -0.3 is 9.52 Å². The lowest BCUT2D eigenvalue weighted by Gasteiger charge is -2.10. The molecule has 0 aliphatic carbocycles. The molecule has 0 spiro atoms. The summed E-state index contributed by atoms with van der Waals surface area (Å²) < 4.78 is 5.34. The number of aryl methyl sites for hydroxylation is 1. The maximum atomic E-state index is 11.0. The molecule has 1 heterocycles. The van der Waals surface area contributed by atoms with E-state index < -0.39 is 5.97 Å². The smallest absolute Gasteiger partial charge is 0.373 e. The summed E-state index contributed by atoms with van der Waals surface area (Å²) in [6.07, 6.45) is 1.51. The lowest BCUT2D eigenvalue weighted by Crippen LogP contribution is -2.02. The van der Waals surface area contributed by atoms with E-state index in [-0.39, 0.29) is 11.7 Å². The van der Waals surface area contributed by atoms with Crippen LogP contribution in [-0.2, 0) is 6.42 Å². The number of hydrogen-bond acceptors (Lipinski definition) is 3. The van der Waals surface area contributed by atoms with Gasteiger partial charge in [0.25, 0.3) is 0 Å². The second-order valence-electron chi connectivity index (χ2n) is 4.42. The highest BCUT2D eigenvalue weighted by Gasteiger charge is 2.23. The van der Waals surface area contributed by atoms with Crippen LogP contribution in [0.15, 0.2) is 4.42 Å². The minimum Gasteiger partial charge on any atom is -0.475 e. The lowest BCUT2D eigenvalue weighted by atomic mass is 9.98. The molecular weight excluding hydrogens is 206 g/mol. The van der Waals surface area contributed by atoms with Gasteiger partial charge in [-0.25, -0.2) is 9.78 Å². The van der Waals surface area contributed by atoms with Gasteiger partial charge in [0.15, 0.2) is 5.89 Å². The zero-order valence-electron chi connectivity index (χ0n) is 10.3. The monoisotopic (exact) mass is 225 g/mol. The molecule has 0 amide bonds. The van der Waals surface area contributed by atoms with Gasteiger partial charge in [-0.1, -0.05) is 34.1 Å². The van der Waals surface area contributed by atoms with Crippen LogP contribution in [0.5, 0.6) is 0 Å². The van der Waals surface area contributed by atoms with Crippen molar-refractivity contribution in [3.63, 3.8) is 0 Å². The average Bonchev–Trinajstić information content (AvgIpc) is 2.61. The number of hydrogen-bond donors (Lipinski definition) is 1. The maximum Gasteiger partial charge on any atom is 0.373 e. The Bertz CT molecular complexity index is 368. The van der Waals surface area contributed by atoms with E-state index in [2.05, 4.69) is 18.8 Å². The molecule has 1 unspecified atom stereocenters. The van der Waals surface area contributed by atoms with E-state index in [1.807, 2.05) is 13.8 Å². The molecule has 1 aromatic heterocycles. The highest BCUT2D eigenvalue weighted by atomic mass is 16.4. The second-order valence-corrected chi connectivity index (χ2v) is 4.42. The third-order valence-corrected chi connectivity index (χ3v) is 2.78. The van der Waals surface area contributed by atoms with Crippen LogP contribution in [-0.4, -0.2) is 16.1 Å². The van der Waals surface area contributed by atoms with Crippen molar-refractivity contribution in [1.29, 1.82) is 0 Å². The summed E-state index contributed by atoms with van der Waals surface area (Å²) in [5.74, 6) is 0.0387. The maximum absolute atomic E-state index is 11.0. The number of carboxylic acids is 1. The average molecular weight is 225 g/mol. The van der Waals surface area contributed by atoms with Crippen LogP contribution in [0.2, 0.25) is 0 Å². The summed E-state index contributed by atoms with van der Waals surface area (Å²) in [6, 6.07) is 0. The molecule has 0 radical (unpaired) electrons. The number of carboxylic acid groups (broad SMARTS) is 1. The first-order chi connectivity index (χ1) is 7.47. The molecule has 0 saturated carbocycles. The summed E-state index contributed by atoms with van der Waals surface area (Å²) in [4.78, 5) is 15.3. The molecule has 1 N–H and O–H groups in total. The molecule has 4 nitrogen and oxygen atoms in total. The summed E-state index contributed by atoms with van der Waals surface area (Å²) >= 11 is 0. The largest absolute Gasteiger partial charge is 0.475 e. The van der Waals surface area contributed by atoms with E-state index in [1.54, 1.807) is 0 Å². The zero-order chi connectivity index (χ0) is 12.3. The third-order valence-electron chi connectivity index (χ3n) is 2.78. The Hall–Kier alpha value is -1.32. The molecule has 0 bridgehead atoms. The minimum atomic E-state index is -1.03. The molecule has 16 heavy (non-hydrogen) atoms. The Balaban J connectivity index is 3.05. The Kier molecular flexibility index (Phi) is 4.10. The van der Waals surface area contributed by atoms with Crippen molar-refractivity contribution in [1.82, 2.24) is 4.98 Å². The Labute approximate surface area is 95.7 Å². The van der Waals surface area contributed by atoms with Crippen LogP contribution in [0.4, 0.5) is 0 Å². The van der Waals surface area contributed by atoms with Crippen molar-refractivity contribution in [3.8, 4) is 0 Å². The summed E-state index contributed by atoms with van der Waals surface area (Å²) in [5, 5.41) is 8.99. The molecule has 0 saturated heterocycles. The zero-order valence-corrected chi connectivity index (χ0v) is 10.3. The molecule has 0 aromatic carbocycles. The lowest BCUT2D eigenvalue weighted by molar-refractivity contribution is 0.0657. The van der Waals surface area contributed by atoms with Crippen molar-refractivity contribution in [2.24, 2.45) is 5.92 Å². The van der Waals surface area contributed by atoms with Crippen molar-refractivity contribution in [2.75, 3.05) is 0 Å². The number of carbonyl (C=O) groups is 1. The molecule has 0 aliphatic heterocycles. The number of nitrogens with zero attached hydrogens (tertiary/aromatic N) is 1. The van der Waals surface area contributed by atoms with Crippen molar-refractivity contribution in [3.05, 3.63) is 17.3 Å². The van der Waals surface area contributed by atoms with Crippen LogP contribution >= 0.6 is 0 Å². The fourth-order valence-corrected chi connectivity index (χ4v) is 1.42. The van der Waals surface area contributed by atoms with E-state index in [4.69, 9.17) is 9.52 Å². The van der Waals surface area contributed by atoms with Gasteiger partial charge in [0.05, 0.1) is 5.69 Å². The first-order valence-corrected chi connectivity index (χ1v) is 5.70. The molecule has 0 aliphatic rings. The number of aromatic carboxylic acids is 1. The first-order valence-electron chi connectivity index (χ1n) is 5.70. The Morgan fingerprint density at radius 1 is 1.44 bits per heavy atom. The Morgan fingerprint density at radius 2 is 2.06 bits per heavy atom. The molecule has 1 aromatic rings. The number of aromatic nitrogens is 1. The normalized spacial score (nSPS) is 13.1.